The van der Waals surface area contributed by atoms with Gasteiger partial charge in [0.1, 0.15) is 0 Å². The Kier molecular flexibility index (Phi) is 3.05. The summed E-state index contributed by atoms with van der Waals surface area (Å²) < 4.78 is 5.10. The number of amides is 1. The number of ether oxygens (including phenoxy) is 1. The number of rotatable bonds is 4. The van der Waals surface area contributed by atoms with Gasteiger partial charge in [-0.15, -0.1) is 0 Å². The van der Waals surface area contributed by atoms with Gasteiger partial charge in [-0.05, 0) is 18.8 Å². The average molecular weight is 172 g/mol. The van der Waals surface area contributed by atoms with Gasteiger partial charge in [-0.3, -0.25) is 4.79 Å². The summed E-state index contributed by atoms with van der Waals surface area (Å²) in [5, 5.41) is 0. The number of hydrogen-bond acceptors (Lipinski definition) is 3. The molecule has 1 amide bonds. The van der Waals surface area contributed by atoms with Gasteiger partial charge in [0.2, 0.25) is 5.91 Å². The molecule has 0 heterocycles. The van der Waals surface area contributed by atoms with Gasteiger partial charge in [-0.1, -0.05) is 0 Å². The maximum Gasteiger partial charge on any atom is 0.218 e. The van der Waals surface area contributed by atoms with E-state index in [0.717, 1.165) is 12.8 Å². The molecule has 1 fully saturated rings. The molecule has 0 aromatic carbocycles. The zero-order valence-corrected chi connectivity index (χ0v) is 7.32. The Labute approximate surface area is 72.2 Å². The molecule has 4 nitrogen and oxygen atoms in total. The van der Waals surface area contributed by atoms with E-state index in [1.165, 1.54) is 0 Å². The van der Waals surface area contributed by atoms with Crippen molar-refractivity contribution >= 4 is 5.91 Å². The summed E-state index contributed by atoms with van der Waals surface area (Å²) in [6, 6.07) is -0.0751. The number of methoxy groups -OCH3 is 1. The van der Waals surface area contributed by atoms with Crippen molar-refractivity contribution in [1.29, 1.82) is 0 Å². The Morgan fingerprint density at radius 3 is 2.67 bits per heavy atom. The molecule has 0 unspecified atom stereocenters. The van der Waals surface area contributed by atoms with Crippen LogP contribution in [-0.2, 0) is 9.53 Å². The van der Waals surface area contributed by atoms with Crippen molar-refractivity contribution in [2.75, 3.05) is 7.11 Å². The van der Waals surface area contributed by atoms with Gasteiger partial charge in [0, 0.05) is 19.6 Å². The van der Waals surface area contributed by atoms with Crippen LogP contribution in [0, 0.1) is 5.92 Å². The third-order valence-electron chi connectivity index (χ3n) is 2.51. The molecule has 0 bridgehead atoms. The van der Waals surface area contributed by atoms with E-state index in [0.29, 0.717) is 18.4 Å². The highest BCUT2D eigenvalue weighted by atomic mass is 16.5. The van der Waals surface area contributed by atoms with Crippen LogP contribution in [0.3, 0.4) is 0 Å². The summed E-state index contributed by atoms with van der Waals surface area (Å²) >= 11 is 0. The second-order valence-corrected chi connectivity index (χ2v) is 3.42. The van der Waals surface area contributed by atoms with Crippen molar-refractivity contribution in [2.45, 2.75) is 31.4 Å². The highest BCUT2D eigenvalue weighted by molar-refractivity contribution is 5.74. The molecule has 0 radical (unpaired) electrons. The van der Waals surface area contributed by atoms with Crippen LogP contribution in [0.5, 0.6) is 0 Å². The molecular weight excluding hydrogens is 156 g/mol. The van der Waals surface area contributed by atoms with E-state index < -0.39 is 0 Å². The van der Waals surface area contributed by atoms with Crippen LogP contribution in [0.2, 0.25) is 0 Å². The van der Waals surface area contributed by atoms with Gasteiger partial charge in [0.15, 0.2) is 0 Å². The lowest BCUT2D eigenvalue weighted by molar-refractivity contribution is -0.119. The molecule has 1 aliphatic carbocycles. The van der Waals surface area contributed by atoms with Crippen molar-refractivity contribution in [3.63, 3.8) is 0 Å². The van der Waals surface area contributed by atoms with E-state index >= 15 is 0 Å². The fourth-order valence-electron chi connectivity index (χ4n) is 1.55. The zero-order valence-electron chi connectivity index (χ0n) is 7.32. The first-order valence-corrected chi connectivity index (χ1v) is 4.20. The van der Waals surface area contributed by atoms with Gasteiger partial charge in [-0.25, -0.2) is 0 Å². The molecule has 0 saturated heterocycles. The smallest absolute Gasteiger partial charge is 0.218 e. The van der Waals surface area contributed by atoms with E-state index in [2.05, 4.69) is 0 Å². The average Bonchev–Trinajstić information content (AvgIpc) is 1.82. The Balaban J connectivity index is 2.19. The molecule has 1 aliphatic rings. The predicted octanol–water partition coefficient (Wildman–Crippen LogP) is -0.386. The van der Waals surface area contributed by atoms with Gasteiger partial charge in [0.05, 0.1) is 6.10 Å². The first kappa shape index (κ1) is 9.48. The Morgan fingerprint density at radius 1 is 1.67 bits per heavy atom. The molecule has 1 rings (SSSR count). The van der Waals surface area contributed by atoms with Crippen LogP contribution in [0.4, 0.5) is 0 Å². The Morgan fingerprint density at radius 2 is 2.25 bits per heavy atom. The van der Waals surface area contributed by atoms with Crippen molar-refractivity contribution in [3.05, 3.63) is 0 Å². The second-order valence-electron chi connectivity index (χ2n) is 3.42. The zero-order chi connectivity index (χ0) is 9.14. The second kappa shape index (κ2) is 3.87. The molecule has 0 aromatic heterocycles. The summed E-state index contributed by atoms with van der Waals surface area (Å²) in [4.78, 5) is 10.5. The van der Waals surface area contributed by atoms with Gasteiger partial charge >= 0.3 is 0 Å². The molecular formula is C8H16N2O2. The Hall–Kier alpha value is -0.610. The number of hydrogen-bond donors (Lipinski definition) is 2. The largest absolute Gasteiger partial charge is 0.381 e. The molecule has 70 valence electrons. The number of nitrogens with two attached hydrogens (primary N) is 2. The summed E-state index contributed by atoms with van der Waals surface area (Å²) in [7, 11) is 1.69. The van der Waals surface area contributed by atoms with E-state index in [1.807, 2.05) is 0 Å². The van der Waals surface area contributed by atoms with Gasteiger partial charge in [-0.2, -0.15) is 0 Å². The van der Waals surface area contributed by atoms with Crippen LogP contribution >= 0.6 is 0 Å². The van der Waals surface area contributed by atoms with Crippen molar-refractivity contribution in [3.8, 4) is 0 Å². The lowest BCUT2D eigenvalue weighted by Crippen LogP contribution is -2.44. The predicted molar refractivity (Wildman–Crippen MR) is 45.3 cm³/mol. The summed E-state index contributed by atoms with van der Waals surface area (Å²) in [5.41, 5.74) is 10.8. The third kappa shape index (κ3) is 2.19. The lowest BCUT2D eigenvalue weighted by atomic mass is 9.76. The van der Waals surface area contributed by atoms with Crippen LogP contribution in [0.15, 0.2) is 0 Å². The van der Waals surface area contributed by atoms with Crippen LogP contribution in [-0.4, -0.2) is 25.2 Å². The van der Waals surface area contributed by atoms with Gasteiger partial charge in [0.25, 0.3) is 0 Å². The highest BCUT2D eigenvalue weighted by Gasteiger charge is 2.33. The molecule has 4 heteroatoms. The number of primary amides is 1. The minimum atomic E-state index is -0.316. The fraction of sp³-hybridized carbons (Fsp3) is 0.875. The van der Waals surface area contributed by atoms with E-state index in [1.54, 1.807) is 7.11 Å². The summed E-state index contributed by atoms with van der Waals surface area (Å²) in [6.07, 6.45) is 2.56. The van der Waals surface area contributed by atoms with Gasteiger partial charge < -0.3 is 16.2 Å². The molecule has 1 saturated carbocycles. The highest BCUT2D eigenvalue weighted by Crippen LogP contribution is 2.32. The maximum absolute atomic E-state index is 10.5. The maximum atomic E-state index is 10.5. The SMILES string of the molecule is COC1CC([C@@H](N)CC(N)=O)C1. The van der Waals surface area contributed by atoms with E-state index in [4.69, 9.17) is 16.2 Å². The molecule has 4 N–H and O–H groups in total. The Bertz CT molecular complexity index is 166. The van der Waals surface area contributed by atoms with Crippen molar-refractivity contribution in [2.24, 2.45) is 17.4 Å². The quantitative estimate of drug-likeness (QED) is 0.606. The van der Waals surface area contributed by atoms with Crippen LogP contribution in [0.25, 0.3) is 0 Å². The number of carbonyl (C=O) groups excluding carboxylic acids is 1. The minimum Gasteiger partial charge on any atom is -0.381 e. The molecule has 1 atom stereocenters. The van der Waals surface area contributed by atoms with E-state index in [9.17, 15) is 4.79 Å². The third-order valence-corrected chi connectivity index (χ3v) is 2.51. The van der Waals surface area contributed by atoms with Crippen molar-refractivity contribution < 1.29 is 9.53 Å². The first-order valence-electron chi connectivity index (χ1n) is 4.20. The summed E-state index contributed by atoms with van der Waals surface area (Å²) in [5.74, 6) is 0.103. The topological polar surface area (TPSA) is 78.3 Å². The number of carbonyl (C=O) groups is 1. The monoisotopic (exact) mass is 172 g/mol. The molecule has 0 spiro atoms. The van der Waals surface area contributed by atoms with Crippen molar-refractivity contribution in [1.82, 2.24) is 0 Å². The van der Waals surface area contributed by atoms with Crippen LogP contribution in [0.1, 0.15) is 19.3 Å². The molecule has 0 aromatic rings. The van der Waals surface area contributed by atoms with E-state index in [-0.39, 0.29) is 11.9 Å². The molecule has 0 aliphatic heterocycles. The first-order chi connectivity index (χ1) is 5.63. The normalized spacial score (nSPS) is 30.8. The standard InChI is InChI=1S/C8H16N2O2/c1-12-6-2-5(3-6)7(9)4-8(10)11/h5-7H,2-4,9H2,1H3,(H2,10,11)/t5?,6?,7-/m0/s1. The molecule has 12 heavy (non-hydrogen) atoms. The summed E-state index contributed by atoms with van der Waals surface area (Å²) in [6.45, 7) is 0. The minimum absolute atomic E-state index is 0.0751. The fourth-order valence-corrected chi connectivity index (χ4v) is 1.55. The van der Waals surface area contributed by atoms with Crippen LogP contribution < -0.4 is 11.5 Å². The lowest BCUT2D eigenvalue weighted by Gasteiger charge is -2.37.